The Hall–Kier alpha value is -1.87. The summed E-state index contributed by atoms with van der Waals surface area (Å²) in [5, 5.41) is 0. The molecule has 1 fully saturated rings. The number of amides is 1. The fraction of sp³-hybridized carbons (Fsp3) is 0.476. The molecule has 2 aliphatic rings. The summed E-state index contributed by atoms with van der Waals surface area (Å²) >= 11 is 0. The Morgan fingerprint density at radius 2 is 2.08 bits per heavy atom. The van der Waals surface area contributed by atoms with E-state index >= 15 is 0 Å². The van der Waals surface area contributed by atoms with Crippen molar-refractivity contribution in [2.45, 2.75) is 51.1 Å². The smallest absolute Gasteiger partial charge is 0.250 e. The molecule has 3 heteroatoms. The Labute approximate surface area is 145 Å². The second-order valence-electron chi connectivity index (χ2n) is 6.91. The number of carbonyl (C=O) groups is 1. The fourth-order valence-electron chi connectivity index (χ4n) is 3.75. The van der Waals surface area contributed by atoms with E-state index in [9.17, 15) is 4.79 Å². The highest BCUT2D eigenvalue weighted by atomic mass is 16.2. The topological polar surface area (TPSA) is 23.6 Å². The second kappa shape index (κ2) is 7.80. The van der Waals surface area contributed by atoms with E-state index in [0.717, 1.165) is 31.4 Å². The normalized spacial score (nSPS) is 23.5. The number of unbranched alkanes of at least 4 members (excludes halogenated alkanes) is 1. The maximum Gasteiger partial charge on any atom is 0.250 e. The molecular formula is C21H28N2O. The highest BCUT2D eigenvalue weighted by Crippen LogP contribution is 2.34. The summed E-state index contributed by atoms with van der Waals surface area (Å²) in [6.07, 6.45) is 11.6. The second-order valence-corrected chi connectivity index (χ2v) is 6.91. The standard InChI is InChI=1S/C21H28N2O/c1-3-4-14-23(20-15-18-11-12-19(16-20)22(18)2)21(24)13-10-17-8-6-5-7-9-17/h5-10,13,15,18-19H,3-4,11-12,14,16H2,1-2H3/b13-10+/t18-,19-/m1/s1. The first-order chi connectivity index (χ1) is 11.7. The van der Waals surface area contributed by atoms with Gasteiger partial charge in [-0.15, -0.1) is 0 Å². The zero-order chi connectivity index (χ0) is 16.9. The van der Waals surface area contributed by atoms with E-state index in [1.165, 1.54) is 18.5 Å². The number of likely N-dealkylation sites (N-methyl/N-ethyl adjacent to an activating group) is 1. The van der Waals surface area contributed by atoms with E-state index in [1.807, 2.05) is 41.3 Å². The summed E-state index contributed by atoms with van der Waals surface area (Å²) in [6.45, 7) is 3.00. The molecule has 0 radical (unpaired) electrons. The predicted molar refractivity (Wildman–Crippen MR) is 99.4 cm³/mol. The molecule has 0 aromatic heterocycles. The third kappa shape index (κ3) is 3.78. The van der Waals surface area contributed by atoms with Gasteiger partial charge in [0, 0.05) is 36.8 Å². The Morgan fingerprint density at radius 3 is 2.79 bits per heavy atom. The van der Waals surface area contributed by atoms with E-state index in [2.05, 4.69) is 24.9 Å². The molecule has 1 aromatic rings. The van der Waals surface area contributed by atoms with Crippen LogP contribution in [-0.4, -0.2) is 41.4 Å². The Bertz CT molecular complexity index is 620. The lowest BCUT2D eigenvalue weighted by atomic mass is 10.1. The zero-order valence-electron chi connectivity index (χ0n) is 14.8. The SMILES string of the molecule is CCCCN(C(=O)/C=C/c1ccccc1)C1=C[C@H]2CC[C@H](C1)N2C. The number of carbonyl (C=O) groups excluding carboxylic acids is 1. The third-order valence-corrected chi connectivity index (χ3v) is 5.29. The molecule has 2 heterocycles. The van der Waals surface area contributed by atoms with Crippen LogP contribution < -0.4 is 0 Å². The van der Waals surface area contributed by atoms with E-state index < -0.39 is 0 Å². The molecule has 128 valence electrons. The molecule has 0 N–H and O–H groups in total. The van der Waals surface area contributed by atoms with Crippen LogP contribution in [0.2, 0.25) is 0 Å². The Morgan fingerprint density at radius 1 is 1.29 bits per heavy atom. The van der Waals surface area contributed by atoms with Crippen LogP contribution >= 0.6 is 0 Å². The van der Waals surface area contributed by atoms with Crippen LogP contribution in [-0.2, 0) is 4.79 Å². The molecule has 3 nitrogen and oxygen atoms in total. The summed E-state index contributed by atoms with van der Waals surface area (Å²) in [5.41, 5.74) is 2.30. The van der Waals surface area contributed by atoms with Crippen LogP contribution in [0.25, 0.3) is 6.08 Å². The van der Waals surface area contributed by atoms with Crippen LogP contribution in [0.4, 0.5) is 0 Å². The lowest BCUT2D eigenvalue weighted by Crippen LogP contribution is -2.40. The Kier molecular flexibility index (Phi) is 5.52. The number of hydrogen-bond donors (Lipinski definition) is 0. The van der Waals surface area contributed by atoms with Crippen molar-refractivity contribution in [1.29, 1.82) is 0 Å². The first-order valence-corrected chi connectivity index (χ1v) is 9.16. The van der Waals surface area contributed by atoms with Gasteiger partial charge in [-0.05, 0) is 44.0 Å². The number of nitrogens with zero attached hydrogens (tertiary/aromatic N) is 2. The molecule has 2 aliphatic heterocycles. The molecule has 0 aliphatic carbocycles. The largest absolute Gasteiger partial charge is 0.313 e. The molecular weight excluding hydrogens is 296 g/mol. The maximum atomic E-state index is 12.8. The molecule has 0 saturated carbocycles. The summed E-state index contributed by atoms with van der Waals surface area (Å²) < 4.78 is 0. The van der Waals surface area contributed by atoms with Gasteiger partial charge >= 0.3 is 0 Å². The molecule has 0 spiro atoms. The number of hydrogen-bond acceptors (Lipinski definition) is 2. The van der Waals surface area contributed by atoms with Gasteiger partial charge in [0.05, 0.1) is 0 Å². The van der Waals surface area contributed by atoms with Crippen molar-refractivity contribution in [2.75, 3.05) is 13.6 Å². The van der Waals surface area contributed by atoms with Gasteiger partial charge in [-0.2, -0.15) is 0 Å². The van der Waals surface area contributed by atoms with Crippen molar-refractivity contribution < 1.29 is 4.79 Å². The van der Waals surface area contributed by atoms with Gasteiger partial charge in [0.1, 0.15) is 0 Å². The molecule has 3 rings (SSSR count). The van der Waals surface area contributed by atoms with E-state index in [0.29, 0.717) is 12.1 Å². The summed E-state index contributed by atoms with van der Waals surface area (Å²) in [6, 6.07) is 11.1. The van der Waals surface area contributed by atoms with Gasteiger partial charge in [-0.25, -0.2) is 0 Å². The number of fused-ring (bicyclic) bond motifs is 2. The monoisotopic (exact) mass is 324 g/mol. The van der Waals surface area contributed by atoms with Crippen LogP contribution in [0, 0.1) is 0 Å². The van der Waals surface area contributed by atoms with Gasteiger partial charge in [-0.1, -0.05) is 43.7 Å². The summed E-state index contributed by atoms with van der Waals surface area (Å²) in [5.74, 6) is 0.113. The first-order valence-electron chi connectivity index (χ1n) is 9.16. The average molecular weight is 324 g/mol. The number of benzene rings is 1. The minimum absolute atomic E-state index is 0.113. The van der Waals surface area contributed by atoms with Crippen molar-refractivity contribution in [3.63, 3.8) is 0 Å². The van der Waals surface area contributed by atoms with Crippen molar-refractivity contribution >= 4 is 12.0 Å². The van der Waals surface area contributed by atoms with Crippen molar-refractivity contribution in [3.05, 3.63) is 53.7 Å². The Balaban J connectivity index is 1.75. The van der Waals surface area contributed by atoms with Crippen LogP contribution in [0.5, 0.6) is 0 Å². The minimum Gasteiger partial charge on any atom is -0.313 e. The molecule has 1 amide bonds. The van der Waals surface area contributed by atoms with Crippen molar-refractivity contribution in [2.24, 2.45) is 0 Å². The molecule has 24 heavy (non-hydrogen) atoms. The third-order valence-electron chi connectivity index (χ3n) is 5.29. The van der Waals surface area contributed by atoms with Crippen LogP contribution in [0.15, 0.2) is 48.2 Å². The molecule has 2 bridgehead atoms. The van der Waals surface area contributed by atoms with Crippen molar-refractivity contribution in [1.82, 2.24) is 9.80 Å². The zero-order valence-corrected chi connectivity index (χ0v) is 14.8. The average Bonchev–Trinajstić information content (AvgIpc) is 2.82. The quantitative estimate of drug-likeness (QED) is 0.736. The molecule has 1 saturated heterocycles. The van der Waals surface area contributed by atoms with Crippen molar-refractivity contribution in [3.8, 4) is 0 Å². The number of rotatable bonds is 6. The van der Waals surface area contributed by atoms with E-state index in [-0.39, 0.29) is 5.91 Å². The minimum atomic E-state index is 0.113. The molecule has 2 atom stereocenters. The highest BCUT2D eigenvalue weighted by molar-refractivity contribution is 5.93. The van der Waals surface area contributed by atoms with E-state index in [4.69, 9.17) is 0 Å². The van der Waals surface area contributed by atoms with Gasteiger partial charge in [0.15, 0.2) is 0 Å². The fourth-order valence-corrected chi connectivity index (χ4v) is 3.75. The molecule has 0 unspecified atom stereocenters. The summed E-state index contributed by atoms with van der Waals surface area (Å²) in [7, 11) is 2.21. The highest BCUT2D eigenvalue weighted by Gasteiger charge is 2.35. The first kappa shape index (κ1) is 17.0. The lowest BCUT2D eigenvalue weighted by Gasteiger charge is -2.35. The van der Waals surface area contributed by atoms with Crippen LogP contribution in [0.3, 0.4) is 0 Å². The van der Waals surface area contributed by atoms with Gasteiger partial charge in [0.25, 0.3) is 5.91 Å². The summed E-state index contributed by atoms with van der Waals surface area (Å²) in [4.78, 5) is 17.3. The van der Waals surface area contributed by atoms with Gasteiger partial charge in [-0.3, -0.25) is 9.69 Å². The van der Waals surface area contributed by atoms with E-state index in [1.54, 1.807) is 6.08 Å². The van der Waals surface area contributed by atoms with Gasteiger partial charge in [0.2, 0.25) is 0 Å². The lowest BCUT2D eigenvalue weighted by molar-refractivity contribution is -0.124. The van der Waals surface area contributed by atoms with Gasteiger partial charge < -0.3 is 4.90 Å². The maximum absolute atomic E-state index is 12.8. The molecule has 1 aromatic carbocycles. The van der Waals surface area contributed by atoms with Crippen LogP contribution in [0.1, 0.15) is 44.6 Å². The predicted octanol–water partition coefficient (Wildman–Crippen LogP) is 4.08.